The Balaban J connectivity index is 1.77. The Kier molecular flexibility index (Phi) is 10.5. The van der Waals surface area contributed by atoms with Crippen LogP contribution in [0, 0.1) is 5.92 Å². The number of amides is 2. The average molecular weight is 511 g/mol. The molecule has 202 valence electrons. The summed E-state index contributed by atoms with van der Waals surface area (Å²) in [4.78, 5) is 26.1. The first-order valence-electron chi connectivity index (χ1n) is 13.3. The number of carbonyl (C=O) groups is 2. The van der Waals surface area contributed by atoms with Gasteiger partial charge in [0.05, 0.1) is 24.3 Å². The third kappa shape index (κ3) is 9.82. The molecule has 2 aromatic rings. The Hall–Kier alpha value is -2.90. The number of benzene rings is 2. The van der Waals surface area contributed by atoms with E-state index in [1.165, 1.54) is 0 Å². The Morgan fingerprint density at radius 1 is 0.946 bits per heavy atom. The van der Waals surface area contributed by atoms with Gasteiger partial charge in [0.25, 0.3) is 0 Å². The van der Waals surface area contributed by atoms with Crippen LogP contribution in [-0.4, -0.2) is 52.1 Å². The summed E-state index contributed by atoms with van der Waals surface area (Å²) >= 11 is 0. The number of nitrogens with one attached hydrogen (secondary N) is 2. The second-order valence-corrected chi connectivity index (χ2v) is 11.1. The molecule has 5 atom stereocenters. The van der Waals surface area contributed by atoms with Gasteiger partial charge in [0.2, 0.25) is 5.91 Å². The van der Waals surface area contributed by atoms with Crippen LogP contribution in [0.15, 0.2) is 60.7 Å². The van der Waals surface area contributed by atoms with Gasteiger partial charge in [-0.15, -0.1) is 0 Å². The first-order valence-corrected chi connectivity index (χ1v) is 13.3. The zero-order valence-electron chi connectivity index (χ0n) is 22.2. The first kappa shape index (κ1) is 28.7. The van der Waals surface area contributed by atoms with Crippen LogP contribution >= 0.6 is 0 Å². The van der Waals surface area contributed by atoms with E-state index in [2.05, 4.69) is 10.6 Å². The van der Waals surface area contributed by atoms with Crippen molar-refractivity contribution in [2.24, 2.45) is 5.92 Å². The minimum atomic E-state index is -0.997. The van der Waals surface area contributed by atoms with E-state index in [9.17, 15) is 19.8 Å². The second kappa shape index (κ2) is 13.6. The standard InChI is InChI=1S/C30H42N2O5/c1-30(2,3)37-29(36)32-25(19-22-14-8-5-9-15-22)27(34)20-23(18-21-12-6-4-7-13-21)28(35)31-24-16-10-11-17-26(24)33/h4-9,12-15,23-27,33-34H,10-11,16-20H2,1-3H3,(H,31,35)(H,32,36). The molecule has 0 aliphatic heterocycles. The van der Waals surface area contributed by atoms with Crippen molar-refractivity contribution >= 4 is 12.0 Å². The quantitative estimate of drug-likeness (QED) is 0.384. The van der Waals surface area contributed by atoms with Crippen molar-refractivity contribution in [3.63, 3.8) is 0 Å². The van der Waals surface area contributed by atoms with Gasteiger partial charge in [-0.05, 0) is 64.0 Å². The van der Waals surface area contributed by atoms with Gasteiger partial charge in [-0.1, -0.05) is 73.5 Å². The molecule has 37 heavy (non-hydrogen) atoms. The number of alkyl carbamates (subject to hydrolysis) is 1. The predicted octanol–water partition coefficient (Wildman–Crippen LogP) is 4.15. The van der Waals surface area contributed by atoms with Crippen LogP contribution in [0.4, 0.5) is 4.79 Å². The van der Waals surface area contributed by atoms with Crippen LogP contribution in [0.2, 0.25) is 0 Å². The van der Waals surface area contributed by atoms with Gasteiger partial charge < -0.3 is 25.6 Å². The topological polar surface area (TPSA) is 108 Å². The van der Waals surface area contributed by atoms with Gasteiger partial charge in [0.15, 0.2) is 0 Å². The number of aliphatic hydroxyl groups is 2. The number of hydrogen-bond donors (Lipinski definition) is 4. The fourth-order valence-corrected chi connectivity index (χ4v) is 4.83. The smallest absolute Gasteiger partial charge is 0.407 e. The summed E-state index contributed by atoms with van der Waals surface area (Å²) < 4.78 is 5.45. The van der Waals surface area contributed by atoms with Crippen LogP contribution < -0.4 is 10.6 Å². The molecule has 0 spiro atoms. The molecular formula is C30H42N2O5. The Labute approximate surface area is 220 Å². The lowest BCUT2D eigenvalue weighted by Gasteiger charge is -2.32. The van der Waals surface area contributed by atoms with Crippen molar-refractivity contribution in [3.8, 4) is 0 Å². The van der Waals surface area contributed by atoms with E-state index in [4.69, 9.17) is 4.74 Å². The molecule has 5 unspecified atom stereocenters. The SMILES string of the molecule is CC(C)(C)OC(=O)NC(Cc1ccccc1)C(O)CC(Cc1ccccc1)C(=O)NC1CCCCC1O. The van der Waals surface area contributed by atoms with Crippen molar-refractivity contribution in [1.29, 1.82) is 0 Å². The molecule has 1 aliphatic carbocycles. The van der Waals surface area contributed by atoms with Crippen LogP contribution in [0.25, 0.3) is 0 Å². The van der Waals surface area contributed by atoms with Crippen molar-refractivity contribution < 1.29 is 24.5 Å². The zero-order valence-corrected chi connectivity index (χ0v) is 22.2. The molecule has 4 N–H and O–H groups in total. The van der Waals surface area contributed by atoms with Gasteiger partial charge in [0.1, 0.15) is 5.60 Å². The highest BCUT2D eigenvalue weighted by Crippen LogP contribution is 2.22. The monoisotopic (exact) mass is 510 g/mol. The lowest BCUT2D eigenvalue weighted by molar-refractivity contribution is -0.128. The molecular weight excluding hydrogens is 468 g/mol. The Bertz CT molecular complexity index is 976. The minimum Gasteiger partial charge on any atom is -0.444 e. The van der Waals surface area contributed by atoms with E-state index < -0.39 is 35.9 Å². The van der Waals surface area contributed by atoms with E-state index in [0.717, 1.165) is 30.4 Å². The maximum atomic E-state index is 13.4. The summed E-state index contributed by atoms with van der Waals surface area (Å²) in [5.41, 5.74) is 1.26. The molecule has 1 aliphatic rings. The van der Waals surface area contributed by atoms with Crippen molar-refractivity contribution in [3.05, 3.63) is 71.8 Å². The third-order valence-corrected chi connectivity index (χ3v) is 6.74. The molecule has 0 radical (unpaired) electrons. The number of ether oxygens (including phenoxy) is 1. The average Bonchev–Trinajstić information content (AvgIpc) is 2.84. The number of aliphatic hydroxyl groups excluding tert-OH is 2. The Morgan fingerprint density at radius 3 is 2.08 bits per heavy atom. The molecule has 3 rings (SSSR count). The third-order valence-electron chi connectivity index (χ3n) is 6.74. The van der Waals surface area contributed by atoms with Gasteiger partial charge in [-0.25, -0.2) is 4.79 Å². The molecule has 7 heteroatoms. The minimum absolute atomic E-state index is 0.150. The van der Waals surface area contributed by atoms with Gasteiger partial charge in [-0.2, -0.15) is 0 Å². The summed E-state index contributed by atoms with van der Waals surface area (Å²) in [6.45, 7) is 5.36. The van der Waals surface area contributed by atoms with Crippen LogP contribution in [0.1, 0.15) is 64.0 Å². The van der Waals surface area contributed by atoms with Gasteiger partial charge in [0, 0.05) is 5.92 Å². The van der Waals surface area contributed by atoms with Crippen molar-refractivity contribution in [2.45, 2.75) is 95.6 Å². The van der Waals surface area contributed by atoms with Crippen LogP contribution in [-0.2, 0) is 22.4 Å². The molecule has 0 saturated heterocycles. The fraction of sp³-hybridized carbons (Fsp3) is 0.533. The summed E-state index contributed by atoms with van der Waals surface area (Å²) in [6.07, 6.45) is 2.16. The molecule has 1 fully saturated rings. The zero-order chi connectivity index (χ0) is 26.8. The van der Waals surface area contributed by atoms with Gasteiger partial charge >= 0.3 is 6.09 Å². The summed E-state index contributed by atoms with van der Waals surface area (Å²) in [5, 5.41) is 27.6. The normalized spacial score (nSPS) is 20.4. The summed E-state index contributed by atoms with van der Waals surface area (Å²) in [6, 6.07) is 18.4. The molecule has 2 amide bonds. The lowest BCUT2D eigenvalue weighted by Crippen LogP contribution is -2.50. The fourth-order valence-electron chi connectivity index (χ4n) is 4.83. The molecule has 0 heterocycles. The predicted molar refractivity (Wildman–Crippen MR) is 144 cm³/mol. The maximum absolute atomic E-state index is 13.4. The summed E-state index contributed by atoms with van der Waals surface area (Å²) in [7, 11) is 0. The van der Waals surface area contributed by atoms with E-state index in [1.807, 2.05) is 60.7 Å². The van der Waals surface area contributed by atoms with E-state index in [0.29, 0.717) is 19.3 Å². The largest absolute Gasteiger partial charge is 0.444 e. The second-order valence-electron chi connectivity index (χ2n) is 11.1. The molecule has 2 aromatic carbocycles. The molecule has 0 bridgehead atoms. The Morgan fingerprint density at radius 2 is 1.51 bits per heavy atom. The van der Waals surface area contributed by atoms with Crippen LogP contribution in [0.3, 0.4) is 0 Å². The lowest BCUT2D eigenvalue weighted by atomic mass is 9.87. The van der Waals surface area contributed by atoms with Crippen LogP contribution in [0.5, 0.6) is 0 Å². The number of carbonyl (C=O) groups excluding carboxylic acids is 2. The number of rotatable bonds is 10. The highest BCUT2D eigenvalue weighted by atomic mass is 16.6. The molecule has 0 aromatic heterocycles. The van der Waals surface area contributed by atoms with E-state index in [1.54, 1.807) is 20.8 Å². The van der Waals surface area contributed by atoms with Gasteiger partial charge in [-0.3, -0.25) is 4.79 Å². The highest BCUT2D eigenvalue weighted by molar-refractivity contribution is 5.79. The number of hydrogen-bond acceptors (Lipinski definition) is 5. The van der Waals surface area contributed by atoms with E-state index in [-0.39, 0.29) is 18.4 Å². The van der Waals surface area contributed by atoms with Crippen molar-refractivity contribution in [2.75, 3.05) is 0 Å². The van der Waals surface area contributed by atoms with E-state index >= 15 is 0 Å². The molecule has 1 saturated carbocycles. The summed E-state index contributed by atoms with van der Waals surface area (Å²) in [5.74, 6) is -0.727. The molecule has 7 nitrogen and oxygen atoms in total. The highest BCUT2D eigenvalue weighted by Gasteiger charge is 2.32. The first-order chi connectivity index (χ1) is 17.6. The van der Waals surface area contributed by atoms with Crippen molar-refractivity contribution in [1.82, 2.24) is 10.6 Å². The maximum Gasteiger partial charge on any atom is 0.407 e.